The molecule has 1 aromatic heterocycles. The van der Waals surface area contributed by atoms with Gasteiger partial charge in [0.1, 0.15) is 6.07 Å². The molecule has 0 aliphatic rings. The van der Waals surface area contributed by atoms with E-state index in [0.717, 1.165) is 0 Å². The zero-order chi connectivity index (χ0) is 11.1. The summed E-state index contributed by atoms with van der Waals surface area (Å²) in [5, 5.41) is 14.3. The van der Waals surface area contributed by atoms with Gasteiger partial charge in [-0.2, -0.15) is 5.26 Å². The lowest BCUT2D eigenvalue weighted by atomic mass is 10.2. The van der Waals surface area contributed by atoms with Crippen molar-refractivity contribution in [3.8, 4) is 6.07 Å². The largest absolute Gasteiger partial charge is 0.374 e. The fourth-order valence-electron chi connectivity index (χ4n) is 1.07. The van der Waals surface area contributed by atoms with Crippen LogP contribution in [0, 0.1) is 11.3 Å². The average Bonchev–Trinajstić information content (AvgIpc) is 2.27. The van der Waals surface area contributed by atoms with Crippen LogP contribution in [0.25, 0.3) is 0 Å². The highest BCUT2D eigenvalue weighted by Crippen LogP contribution is 2.10. The summed E-state index contributed by atoms with van der Waals surface area (Å²) in [6.45, 7) is 2.59. The molecular formula is C10H12N4O. The lowest BCUT2D eigenvalue weighted by Gasteiger charge is -2.06. The maximum atomic E-state index is 11.1. The number of carbonyl (C=O) groups is 1. The molecule has 0 aliphatic carbocycles. The molecule has 5 heteroatoms. The van der Waals surface area contributed by atoms with Gasteiger partial charge in [0.05, 0.1) is 24.0 Å². The first kappa shape index (κ1) is 11.0. The molecule has 0 radical (unpaired) electrons. The highest BCUT2D eigenvalue weighted by molar-refractivity contribution is 5.81. The summed E-state index contributed by atoms with van der Waals surface area (Å²) in [6.07, 6.45) is 3.06. The quantitative estimate of drug-likeness (QED) is 0.748. The Hall–Kier alpha value is -2.09. The molecule has 0 bridgehead atoms. The maximum absolute atomic E-state index is 11.1. The van der Waals surface area contributed by atoms with Crippen molar-refractivity contribution in [2.45, 2.75) is 6.92 Å². The van der Waals surface area contributed by atoms with Crippen molar-refractivity contribution in [2.24, 2.45) is 0 Å². The van der Waals surface area contributed by atoms with E-state index >= 15 is 0 Å². The number of pyridine rings is 1. The van der Waals surface area contributed by atoms with Crippen LogP contribution in [0.2, 0.25) is 0 Å². The first-order chi connectivity index (χ1) is 7.27. The van der Waals surface area contributed by atoms with Crippen molar-refractivity contribution in [3.05, 3.63) is 24.0 Å². The minimum Gasteiger partial charge on any atom is -0.374 e. The topological polar surface area (TPSA) is 77.8 Å². The zero-order valence-electron chi connectivity index (χ0n) is 8.45. The second-order valence-electron chi connectivity index (χ2n) is 2.84. The molecule has 0 aromatic carbocycles. The first-order valence-electron chi connectivity index (χ1n) is 4.62. The molecule has 1 rings (SSSR count). The van der Waals surface area contributed by atoms with Crippen LogP contribution in [0.4, 0.5) is 5.69 Å². The number of hydrogen-bond acceptors (Lipinski definition) is 4. The highest BCUT2D eigenvalue weighted by atomic mass is 16.1. The Balaban J connectivity index is 2.58. The second kappa shape index (κ2) is 5.60. The van der Waals surface area contributed by atoms with Gasteiger partial charge in [0.2, 0.25) is 5.91 Å². The summed E-state index contributed by atoms with van der Waals surface area (Å²) < 4.78 is 0. The molecule has 1 aromatic rings. The summed E-state index contributed by atoms with van der Waals surface area (Å²) in [5.41, 5.74) is 1.06. The van der Waals surface area contributed by atoms with Gasteiger partial charge >= 0.3 is 0 Å². The third kappa shape index (κ3) is 3.27. The highest BCUT2D eigenvalue weighted by Gasteiger charge is 2.03. The minimum absolute atomic E-state index is 0.106. The molecule has 1 heterocycles. The normalized spacial score (nSPS) is 9.07. The molecule has 0 fully saturated rings. The van der Waals surface area contributed by atoms with E-state index < -0.39 is 0 Å². The summed E-state index contributed by atoms with van der Waals surface area (Å²) >= 11 is 0. The van der Waals surface area contributed by atoms with Crippen LogP contribution >= 0.6 is 0 Å². The van der Waals surface area contributed by atoms with E-state index in [4.69, 9.17) is 5.26 Å². The van der Waals surface area contributed by atoms with E-state index in [9.17, 15) is 4.79 Å². The van der Waals surface area contributed by atoms with Gasteiger partial charge in [-0.05, 0) is 13.0 Å². The van der Waals surface area contributed by atoms with Crippen molar-refractivity contribution in [3.63, 3.8) is 0 Å². The van der Waals surface area contributed by atoms with E-state index in [1.165, 1.54) is 12.4 Å². The number of rotatable bonds is 4. The Kier molecular flexibility index (Phi) is 4.10. The van der Waals surface area contributed by atoms with E-state index in [-0.39, 0.29) is 12.5 Å². The summed E-state index contributed by atoms with van der Waals surface area (Å²) in [5.74, 6) is -0.106. The number of likely N-dealkylation sites (N-methyl/N-ethyl adjacent to an activating group) is 1. The molecule has 2 N–H and O–H groups in total. The van der Waals surface area contributed by atoms with E-state index in [1.807, 2.05) is 13.0 Å². The number of aromatic nitrogens is 1. The van der Waals surface area contributed by atoms with Gasteiger partial charge in [-0.1, -0.05) is 0 Å². The van der Waals surface area contributed by atoms with Crippen molar-refractivity contribution in [1.82, 2.24) is 10.3 Å². The number of hydrogen-bond donors (Lipinski definition) is 2. The second-order valence-corrected chi connectivity index (χ2v) is 2.84. The van der Waals surface area contributed by atoms with Crippen LogP contribution in [0.5, 0.6) is 0 Å². The van der Waals surface area contributed by atoms with E-state index in [1.54, 1.807) is 6.07 Å². The van der Waals surface area contributed by atoms with Crippen LogP contribution in [0.15, 0.2) is 18.5 Å². The van der Waals surface area contributed by atoms with Gasteiger partial charge in [-0.15, -0.1) is 0 Å². The lowest BCUT2D eigenvalue weighted by Crippen LogP contribution is -2.29. The summed E-state index contributed by atoms with van der Waals surface area (Å²) in [6, 6.07) is 3.61. The third-order valence-corrected chi connectivity index (χ3v) is 1.75. The fourth-order valence-corrected chi connectivity index (χ4v) is 1.07. The lowest BCUT2D eigenvalue weighted by molar-refractivity contribution is -0.119. The third-order valence-electron chi connectivity index (χ3n) is 1.75. The van der Waals surface area contributed by atoms with Crippen molar-refractivity contribution in [2.75, 3.05) is 18.4 Å². The van der Waals surface area contributed by atoms with E-state index in [0.29, 0.717) is 17.8 Å². The molecular weight excluding hydrogens is 192 g/mol. The maximum Gasteiger partial charge on any atom is 0.239 e. The van der Waals surface area contributed by atoms with Crippen molar-refractivity contribution < 1.29 is 4.79 Å². The predicted octanol–water partition coefficient (Wildman–Crippen LogP) is 0.501. The molecule has 0 spiro atoms. The molecule has 5 nitrogen and oxygen atoms in total. The Labute approximate surface area is 88.1 Å². The van der Waals surface area contributed by atoms with Gasteiger partial charge in [0.25, 0.3) is 0 Å². The Morgan fingerprint density at radius 2 is 2.47 bits per heavy atom. The Morgan fingerprint density at radius 1 is 1.67 bits per heavy atom. The van der Waals surface area contributed by atoms with Gasteiger partial charge in [0.15, 0.2) is 0 Å². The molecule has 0 saturated carbocycles. The van der Waals surface area contributed by atoms with Gasteiger partial charge < -0.3 is 10.6 Å². The zero-order valence-corrected chi connectivity index (χ0v) is 8.45. The summed E-state index contributed by atoms with van der Waals surface area (Å²) in [7, 11) is 0. The minimum atomic E-state index is -0.106. The number of nitrogens with zero attached hydrogens (tertiary/aromatic N) is 2. The van der Waals surface area contributed by atoms with Crippen LogP contribution in [-0.2, 0) is 4.79 Å². The Morgan fingerprint density at radius 3 is 3.13 bits per heavy atom. The van der Waals surface area contributed by atoms with Crippen molar-refractivity contribution >= 4 is 11.6 Å². The van der Waals surface area contributed by atoms with Gasteiger partial charge in [0, 0.05) is 12.7 Å². The van der Waals surface area contributed by atoms with E-state index in [2.05, 4.69) is 15.6 Å². The molecule has 78 valence electrons. The molecule has 1 amide bonds. The van der Waals surface area contributed by atoms with Gasteiger partial charge in [-0.3, -0.25) is 9.78 Å². The van der Waals surface area contributed by atoms with Crippen LogP contribution in [-0.4, -0.2) is 24.0 Å². The number of nitrogens with one attached hydrogen (secondary N) is 2. The van der Waals surface area contributed by atoms with Crippen LogP contribution in [0.3, 0.4) is 0 Å². The number of nitriles is 1. The number of anilines is 1. The number of amides is 1. The SMILES string of the molecule is CCNC(=O)CNc1cnccc1C#N. The van der Waals surface area contributed by atoms with Crippen LogP contribution in [0.1, 0.15) is 12.5 Å². The van der Waals surface area contributed by atoms with Crippen LogP contribution < -0.4 is 10.6 Å². The summed E-state index contributed by atoms with van der Waals surface area (Å²) in [4.78, 5) is 15.0. The standard InChI is InChI=1S/C10H12N4O/c1-2-13-10(15)7-14-9-6-12-4-3-8(9)5-11/h3-4,6,14H,2,7H2,1H3,(H,13,15). The fraction of sp³-hybridized carbons (Fsp3) is 0.300. The molecule has 15 heavy (non-hydrogen) atoms. The van der Waals surface area contributed by atoms with Gasteiger partial charge in [-0.25, -0.2) is 0 Å². The van der Waals surface area contributed by atoms with Crippen molar-refractivity contribution in [1.29, 1.82) is 5.26 Å². The predicted molar refractivity (Wildman–Crippen MR) is 56.1 cm³/mol. The molecule has 0 atom stereocenters. The smallest absolute Gasteiger partial charge is 0.239 e. The first-order valence-corrected chi connectivity index (χ1v) is 4.62. The Bertz CT molecular complexity index is 383. The molecule has 0 aliphatic heterocycles. The monoisotopic (exact) mass is 204 g/mol. The average molecular weight is 204 g/mol. The number of carbonyl (C=O) groups excluding carboxylic acids is 1. The molecule has 0 unspecified atom stereocenters. The molecule has 0 saturated heterocycles.